The van der Waals surface area contributed by atoms with Gasteiger partial charge in [-0.15, -0.1) is 0 Å². The summed E-state index contributed by atoms with van der Waals surface area (Å²) in [7, 11) is 0. The molecule has 9 heteroatoms. The minimum atomic E-state index is -0.525. The Morgan fingerprint density at radius 1 is 1.10 bits per heavy atom. The van der Waals surface area contributed by atoms with Gasteiger partial charge in [-0.05, 0) is 31.0 Å². The maximum atomic E-state index is 13.2. The number of nitrogens with one attached hydrogen (secondary N) is 1. The Bertz CT molecular complexity index is 1160. The summed E-state index contributed by atoms with van der Waals surface area (Å²) in [6.07, 6.45) is 5.10. The van der Waals surface area contributed by atoms with Crippen molar-refractivity contribution < 1.29 is 4.79 Å². The molecule has 0 saturated carbocycles. The van der Waals surface area contributed by atoms with Crippen molar-refractivity contribution in [2.24, 2.45) is 0 Å². The maximum absolute atomic E-state index is 13.2. The van der Waals surface area contributed by atoms with Gasteiger partial charge in [0.2, 0.25) is 5.91 Å². The lowest BCUT2D eigenvalue weighted by Crippen LogP contribution is -2.43. The molecule has 3 rings (SSSR count). The monoisotopic (exact) mass is 431 g/mol. The van der Waals surface area contributed by atoms with E-state index in [1.165, 1.54) is 4.57 Å². The SMILES string of the molecule is CCCCn1cnc2c1c(=O)n(CC(=O)Nc1cccc(Cl)c1)c(=O)n2CCCC. The Kier molecular flexibility index (Phi) is 7.10. The van der Waals surface area contributed by atoms with Crippen LogP contribution in [0.4, 0.5) is 5.69 Å². The van der Waals surface area contributed by atoms with Crippen molar-refractivity contribution in [2.45, 2.75) is 59.2 Å². The van der Waals surface area contributed by atoms with Gasteiger partial charge in [-0.2, -0.15) is 0 Å². The average molecular weight is 432 g/mol. The van der Waals surface area contributed by atoms with Crippen LogP contribution in [0.15, 0.2) is 40.2 Å². The number of halogens is 1. The molecule has 30 heavy (non-hydrogen) atoms. The summed E-state index contributed by atoms with van der Waals surface area (Å²) in [4.78, 5) is 43.1. The predicted molar refractivity (Wildman–Crippen MR) is 118 cm³/mol. The fraction of sp³-hybridized carbons (Fsp3) is 0.429. The number of rotatable bonds is 9. The first-order valence-electron chi connectivity index (χ1n) is 10.2. The van der Waals surface area contributed by atoms with E-state index in [2.05, 4.69) is 17.2 Å². The molecule has 1 amide bonds. The van der Waals surface area contributed by atoms with Gasteiger partial charge in [-0.25, -0.2) is 14.3 Å². The molecule has 2 heterocycles. The Labute approximate surface area is 179 Å². The van der Waals surface area contributed by atoms with Gasteiger partial charge in [0.15, 0.2) is 11.2 Å². The van der Waals surface area contributed by atoms with Crippen molar-refractivity contribution in [2.75, 3.05) is 5.32 Å². The summed E-state index contributed by atoms with van der Waals surface area (Å²) < 4.78 is 4.26. The third kappa shape index (κ3) is 4.64. The highest BCUT2D eigenvalue weighted by atomic mass is 35.5. The molecule has 1 aromatic carbocycles. The van der Waals surface area contributed by atoms with E-state index in [1.807, 2.05) is 6.92 Å². The van der Waals surface area contributed by atoms with Gasteiger partial charge in [0, 0.05) is 23.8 Å². The summed E-state index contributed by atoms with van der Waals surface area (Å²) in [5, 5.41) is 3.17. The van der Waals surface area contributed by atoms with Crippen molar-refractivity contribution in [1.82, 2.24) is 18.7 Å². The molecule has 0 atom stereocenters. The summed E-state index contributed by atoms with van der Waals surface area (Å²) in [5.41, 5.74) is 0.206. The van der Waals surface area contributed by atoms with Crippen molar-refractivity contribution >= 4 is 34.4 Å². The zero-order valence-corrected chi connectivity index (χ0v) is 18.0. The fourth-order valence-electron chi connectivity index (χ4n) is 3.30. The molecule has 160 valence electrons. The number of anilines is 1. The number of benzene rings is 1. The van der Waals surface area contributed by atoms with Gasteiger partial charge < -0.3 is 9.88 Å². The van der Waals surface area contributed by atoms with Gasteiger partial charge in [0.25, 0.3) is 5.56 Å². The van der Waals surface area contributed by atoms with Gasteiger partial charge in [0.05, 0.1) is 6.33 Å². The topological polar surface area (TPSA) is 90.9 Å². The van der Waals surface area contributed by atoms with E-state index in [-0.39, 0.29) is 6.54 Å². The zero-order chi connectivity index (χ0) is 21.7. The van der Waals surface area contributed by atoms with E-state index in [1.54, 1.807) is 35.2 Å². The molecule has 0 radical (unpaired) electrons. The lowest BCUT2D eigenvalue weighted by Gasteiger charge is -2.12. The number of unbranched alkanes of at least 4 members (excludes halogenated alkanes) is 2. The molecule has 0 bridgehead atoms. The lowest BCUT2D eigenvalue weighted by atomic mass is 10.3. The molecule has 1 N–H and O–H groups in total. The van der Waals surface area contributed by atoms with Crippen molar-refractivity contribution in [3.05, 3.63) is 56.5 Å². The van der Waals surface area contributed by atoms with Crippen LogP contribution in [0.1, 0.15) is 39.5 Å². The van der Waals surface area contributed by atoms with Crippen LogP contribution in [0.5, 0.6) is 0 Å². The number of carbonyl (C=O) groups excluding carboxylic acids is 1. The second-order valence-electron chi connectivity index (χ2n) is 7.20. The highest BCUT2D eigenvalue weighted by Crippen LogP contribution is 2.15. The number of aromatic nitrogens is 4. The quantitative estimate of drug-likeness (QED) is 0.563. The average Bonchev–Trinajstić information content (AvgIpc) is 3.13. The molecule has 0 saturated heterocycles. The standard InChI is InChI=1S/C21H26ClN5O3/c1-3-5-10-25-14-23-19-18(25)20(29)27(21(30)26(19)11-6-4-2)13-17(28)24-16-9-7-8-15(22)12-16/h7-9,12,14H,3-6,10-11,13H2,1-2H3,(H,24,28). The molecule has 0 fully saturated rings. The van der Waals surface area contributed by atoms with Crippen molar-refractivity contribution in [1.29, 1.82) is 0 Å². The van der Waals surface area contributed by atoms with E-state index in [0.717, 1.165) is 30.3 Å². The van der Waals surface area contributed by atoms with Crippen molar-refractivity contribution in [3.63, 3.8) is 0 Å². The molecule has 0 aliphatic heterocycles. The molecule has 0 spiro atoms. The highest BCUT2D eigenvalue weighted by molar-refractivity contribution is 6.30. The minimum Gasteiger partial charge on any atom is -0.325 e. The molecular formula is C21H26ClN5O3. The number of amides is 1. The van der Waals surface area contributed by atoms with Gasteiger partial charge in [-0.3, -0.25) is 14.2 Å². The number of hydrogen-bond donors (Lipinski definition) is 1. The van der Waals surface area contributed by atoms with Crippen LogP contribution in [0.25, 0.3) is 11.2 Å². The number of carbonyl (C=O) groups is 1. The molecular weight excluding hydrogens is 406 g/mol. The molecule has 2 aromatic heterocycles. The molecule has 0 aliphatic carbocycles. The van der Waals surface area contributed by atoms with Crippen molar-refractivity contribution in [3.8, 4) is 0 Å². The molecule has 8 nitrogen and oxygen atoms in total. The van der Waals surface area contributed by atoms with E-state index < -0.39 is 17.2 Å². The largest absolute Gasteiger partial charge is 0.333 e. The number of aryl methyl sites for hydroxylation is 2. The van der Waals surface area contributed by atoms with Gasteiger partial charge >= 0.3 is 5.69 Å². The van der Waals surface area contributed by atoms with Crippen LogP contribution in [-0.2, 0) is 24.4 Å². The summed E-state index contributed by atoms with van der Waals surface area (Å²) in [5.74, 6) is -0.475. The third-order valence-electron chi connectivity index (χ3n) is 4.88. The molecule has 0 aliphatic rings. The number of fused-ring (bicyclic) bond motifs is 1. The third-order valence-corrected chi connectivity index (χ3v) is 5.12. The van der Waals surface area contributed by atoms with Crippen LogP contribution < -0.4 is 16.6 Å². The number of nitrogens with zero attached hydrogens (tertiary/aromatic N) is 4. The van der Waals surface area contributed by atoms with Crippen LogP contribution in [0, 0.1) is 0 Å². The van der Waals surface area contributed by atoms with Gasteiger partial charge in [0.1, 0.15) is 6.54 Å². The lowest BCUT2D eigenvalue weighted by molar-refractivity contribution is -0.116. The number of imidazole rings is 1. The summed E-state index contributed by atoms with van der Waals surface area (Å²) in [6.45, 7) is 4.77. The Balaban J connectivity index is 2.02. The Hall–Kier alpha value is -2.87. The molecule has 3 aromatic rings. The number of hydrogen-bond acceptors (Lipinski definition) is 4. The Morgan fingerprint density at radius 3 is 2.53 bits per heavy atom. The smallest absolute Gasteiger partial charge is 0.325 e. The van der Waals surface area contributed by atoms with Crippen LogP contribution in [0.3, 0.4) is 0 Å². The Morgan fingerprint density at radius 2 is 1.83 bits per heavy atom. The van der Waals surface area contributed by atoms with Gasteiger partial charge in [-0.1, -0.05) is 44.4 Å². The first-order valence-corrected chi connectivity index (χ1v) is 10.6. The highest BCUT2D eigenvalue weighted by Gasteiger charge is 2.19. The summed E-state index contributed by atoms with van der Waals surface area (Å²) in [6, 6.07) is 6.69. The van der Waals surface area contributed by atoms with E-state index in [4.69, 9.17) is 11.6 Å². The first-order chi connectivity index (χ1) is 14.5. The molecule has 0 unspecified atom stereocenters. The van der Waals surface area contributed by atoms with E-state index in [9.17, 15) is 14.4 Å². The van der Waals surface area contributed by atoms with Crippen LogP contribution in [-0.4, -0.2) is 24.6 Å². The van der Waals surface area contributed by atoms with E-state index >= 15 is 0 Å². The van der Waals surface area contributed by atoms with Crippen LogP contribution in [0.2, 0.25) is 5.02 Å². The second-order valence-corrected chi connectivity index (χ2v) is 7.64. The fourth-order valence-corrected chi connectivity index (χ4v) is 3.49. The minimum absolute atomic E-state index is 0.356. The maximum Gasteiger partial charge on any atom is 0.333 e. The summed E-state index contributed by atoms with van der Waals surface area (Å²) >= 11 is 5.95. The normalized spacial score (nSPS) is 11.2. The predicted octanol–water partition coefficient (Wildman–Crippen LogP) is 3.25. The zero-order valence-electron chi connectivity index (χ0n) is 17.2. The van der Waals surface area contributed by atoms with Crippen LogP contribution >= 0.6 is 11.6 Å². The first kappa shape index (κ1) is 21.8. The van der Waals surface area contributed by atoms with E-state index in [0.29, 0.717) is 35.0 Å². The second kappa shape index (κ2) is 9.75.